The van der Waals surface area contributed by atoms with Crippen molar-refractivity contribution in [3.8, 4) is 0 Å². The van der Waals surface area contributed by atoms with Crippen LogP contribution in [0.5, 0.6) is 0 Å². The fourth-order valence-corrected chi connectivity index (χ4v) is 4.69. The van der Waals surface area contributed by atoms with Crippen LogP contribution in [0.15, 0.2) is 58.3 Å². The molecule has 136 valence electrons. The number of hydrogen-bond donors (Lipinski definition) is 1. The van der Waals surface area contributed by atoms with Crippen LogP contribution in [0.1, 0.15) is 20.3 Å². The summed E-state index contributed by atoms with van der Waals surface area (Å²) < 4.78 is 0. The van der Waals surface area contributed by atoms with E-state index < -0.39 is 0 Å². The van der Waals surface area contributed by atoms with E-state index in [0.717, 1.165) is 29.2 Å². The van der Waals surface area contributed by atoms with Crippen molar-refractivity contribution >= 4 is 46.7 Å². The average molecular weight is 387 g/mol. The number of thioether (sulfide) groups is 2. The summed E-state index contributed by atoms with van der Waals surface area (Å²) in [6.07, 6.45) is 0.987. The first-order valence-corrected chi connectivity index (χ1v) is 10.5. The molecule has 0 aromatic heterocycles. The molecule has 2 aromatic carbocycles. The number of benzene rings is 2. The lowest BCUT2D eigenvalue weighted by molar-refractivity contribution is -0.116. The second kappa shape index (κ2) is 8.64. The number of rotatable bonds is 4. The maximum absolute atomic E-state index is 12.8. The van der Waals surface area contributed by atoms with Crippen LogP contribution >= 0.6 is 23.5 Å². The first-order chi connectivity index (χ1) is 12.5. The van der Waals surface area contributed by atoms with Gasteiger partial charge in [-0.05, 0) is 42.8 Å². The molecule has 0 radical (unpaired) electrons. The monoisotopic (exact) mass is 386 g/mol. The van der Waals surface area contributed by atoms with Gasteiger partial charge in [-0.25, -0.2) is 0 Å². The van der Waals surface area contributed by atoms with E-state index in [9.17, 15) is 9.59 Å². The van der Waals surface area contributed by atoms with E-state index in [-0.39, 0.29) is 11.8 Å². The van der Waals surface area contributed by atoms with Gasteiger partial charge in [-0.3, -0.25) is 9.59 Å². The van der Waals surface area contributed by atoms with Gasteiger partial charge in [-0.15, -0.1) is 23.5 Å². The fourth-order valence-electron chi connectivity index (χ4n) is 2.81. The highest BCUT2D eigenvalue weighted by atomic mass is 32.2. The van der Waals surface area contributed by atoms with Crippen LogP contribution in [0.25, 0.3) is 0 Å². The molecule has 2 aromatic rings. The summed E-state index contributed by atoms with van der Waals surface area (Å²) >= 11 is 3.36. The number of fused-ring (bicyclic) bond motifs is 1. The SMILES string of the molecule is CC(=O)Nc1ccc(SCC(=O)N2CC[C@H](C)Sc3ccccc32)cc1. The van der Waals surface area contributed by atoms with Crippen molar-refractivity contribution in [3.05, 3.63) is 48.5 Å². The second-order valence-corrected chi connectivity index (χ2v) is 8.75. The van der Waals surface area contributed by atoms with Gasteiger partial charge >= 0.3 is 0 Å². The predicted octanol–water partition coefficient (Wildman–Crippen LogP) is 4.65. The molecule has 26 heavy (non-hydrogen) atoms. The summed E-state index contributed by atoms with van der Waals surface area (Å²) in [4.78, 5) is 28.0. The number of amides is 2. The van der Waals surface area contributed by atoms with E-state index in [4.69, 9.17) is 0 Å². The molecule has 6 heteroatoms. The van der Waals surface area contributed by atoms with Crippen molar-refractivity contribution in [2.24, 2.45) is 0 Å². The van der Waals surface area contributed by atoms with Crippen molar-refractivity contribution < 1.29 is 9.59 Å². The molecule has 0 bridgehead atoms. The molecule has 3 rings (SSSR count). The minimum Gasteiger partial charge on any atom is -0.326 e. The van der Waals surface area contributed by atoms with Gasteiger partial charge in [0.05, 0.1) is 11.4 Å². The van der Waals surface area contributed by atoms with E-state index in [1.54, 1.807) is 0 Å². The van der Waals surface area contributed by atoms with Gasteiger partial charge in [-0.1, -0.05) is 19.1 Å². The number of para-hydroxylation sites is 1. The number of nitrogens with one attached hydrogen (secondary N) is 1. The van der Waals surface area contributed by atoms with Crippen LogP contribution in [0.4, 0.5) is 11.4 Å². The summed E-state index contributed by atoms with van der Waals surface area (Å²) in [5.41, 5.74) is 1.79. The lowest BCUT2D eigenvalue weighted by Gasteiger charge is -2.22. The van der Waals surface area contributed by atoms with Gasteiger partial charge in [0, 0.05) is 34.2 Å². The Morgan fingerprint density at radius 3 is 2.65 bits per heavy atom. The Bertz CT molecular complexity index is 793. The van der Waals surface area contributed by atoms with Crippen molar-refractivity contribution in [2.45, 2.75) is 35.3 Å². The Balaban J connectivity index is 1.65. The molecule has 0 saturated carbocycles. The van der Waals surface area contributed by atoms with Gasteiger partial charge in [0.15, 0.2) is 0 Å². The molecule has 0 spiro atoms. The lowest BCUT2D eigenvalue weighted by Crippen LogP contribution is -2.33. The summed E-state index contributed by atoms with van der Waals surface area (Å²) in [5, 5.41) is 3.25. The number of nitrogens with zero attached hydrogens (tertiary/aromatic N) is 1. The zero-order chi connectivity index (χ0) is 18.5. The Morgan fingerprint density at radius 1 is 1.19 bits per heavy atom. The molecular weight excluding hydrogens is 364 g/mol. The van der Waals surface area contributed by atoms with Gasteiger partial charge in [0.1, 0.15) is 0 Å². The van der Waals surface area contributed by atoms with Crippen LogP contribution in [0.2, 0.25) is 0 Å². The number of anilines is 2. The Labute approximate surface area is 162 Å². The molecule has 1 aliphatic heterocycles. The van der Waals surface area contributed by atoms with E-state index in [1.807, 2.05) is 59.1 Å². The van der Waals surface area contributed by atoms with Gasteiger partial charge < -0.3 is 10.2 Å². The molecule has 4 nitrogen and oxygen atoms in total. The third kappa shape index (κ3) is 4.83. The first-order valence-electron chi connectivity index (χ1n) is 8.59. The predicted molar refractivity (Wildman–Crippen MR) is 110 cm³/mol. The largest absolute Gasteiger partial charge is 0.326 e. The second-order valence-electron chi connectivity index (χ2n) is 6.22. The Morgan fingerprint density at radius 2 is 1.92 bits per heavy atom. The standard InChI is InChI=1S/C20H22N2O2S2/c1-14-11-12-22(18-5-3-4-6-19(18)26-14)20(24)13-25-17-9-7-16(8-10-17)21-15(2)23/h3-10,14H,11-13H2,1-2H3,(H,21,23)/t14-/m0/s1. The zero-order valence-corrected chi connectivity index (χ0v) is 16.5. The summed E-state index contributed by atoms with van der Waals surface area (Å²) in [5.74, 6) is 0.433. The summed E-state index contributed by atoms with van der Waals surface area (Å²) in [6.45, 7) is 4.45. The van der Waals surface area contributed by atoms with Crippen molar-refractivity contribution in [1.29, 1.82) is 0 Å². The van der Waals surface area contributed by atoms with Gasteiger partial charge in [0.25, 0.3) is 0 Å². The third-order valence-corrected chi connectivity index (χ3v) is 6.32. The van der Waals surface area contributed by atoms with E-state index >= 15 is 0 Å². The van der Waals surface area contributed by atoms with Crippen LogP contribution in [0.3, 0.4) is 0 Å². The molecule has 1 heterocycles. The quantitative estimate of drug-likeness (QED) is 0.777. The lowest BCUT2D eigenvalue weighted by atomic mass is 10.2. The zero-order valence-electron chi connectivity index (χ0n) is 14.9. The molecule has 0 saturated heterocycles. The van der Waals surface area contributed by atoms with E-state index in [2.05, 4.69) is 18.3 Å². The maximum Gasteiger partial charge on any atom is 0.237 e. The van der Waals surface area contributed by atoms with Crippen LogP contribution in [-0.4, -0.2) is 29.4 Å². The first kappa shape index (κ1) is 18.9. The molecule has 1 aliphatic rings. The minimum atomic E-state index is -0.0903. The maximum atomic E-state index is 12.8. The minimum absolute atomic E-state index is 0.0903. The molecule has 0 unspecified atom stereocenters. The van der Waals surface area contributed by atoms with E-state index in [0.29, 0.717) is 11.0 Å². The topological polar surface area (TPSA) is 49.4 Å². The smallest absolute Gasteiger partial charge is 0.237 e. The normalized spacial score (nSPS) is 16.5. The van der Waals surface area contributed by atoms with Crippen molar-refractivity contribution in [1.82, 2.24) is 0 Å². The summed E-state index contributed by atoms with van der Waals surface area (Å²) in [6, 6.07) is 15.7. The Kier molecular flexibility index (Phi) is 6.27. The van der Waals surface area contributed by atoms with Crippen LogP contribution in [-0.2, 0) is 9.59 Å². The molecule has 1 atom stereocenters. The fraction of sp³-hybridized carbons (Fsp3) is 0.300. The van der Waals surface area contributed by atoms with Crippen molar-refractivity contribution in [3.63, 3.8) is 0 Å². The van der Waals surface area contributed by atoms with Crippen molar-refractivity contribution in [2.75, 3.05) is 22.5 Å². The summed E-state index contributed by atoms with van der Waals surface area (Å²) in [7, 11) is 0. The van der Waals surface area contributed by atoms with Gasteiger partial charge in [0.2, 0.25) is 11.8 Å². The number of carbonyl (C=O) groups is 2. The number of carbonyl (C=O) groups excluding carboxylic acids is 2. The molecular formula is C20H22N2O2S2. The average Bonchev–Trinajstić information content (AvgIpc) is 2.78. The highest BCUT2D eigenvalue weighted by Gasteiger charge is 2.23. The highest BCUT2D eigenvalue weighted by molar-refractivity contribution is 8.00. The molecule has 0 aliphatic carbocycles. The van der Waals surface area contributed by atoms with Crippen LogP contribution in [0, 0.1) is 0 Å². The van der Waals surface area contributed by atoms with Gasteiger partial charge in [-0.2, -0.15) is 0 Å². The molecule has 2 amide bonds. The molecule has 0 fully saturated rings. The number of hydrogen-bond acceptors (Lipinski definition) is 4. The van der Waals surface area contributed by atoms with E-state index in [1.165, 1.54) is 23.6 Å². The third-order valence-electron chi connectivity index (χ3n) is 4.08. The highest BCUT2D eigenvalue weighted by Crippen LogP contribution is 2.37. The van der Waals surface area contributed by atoms with Crippen LogP contribution < -0.4 is 10.2 Å². The Hall–Kier alpha value is -1.92. The molecule has 1 N–H and O–H groups in total.